The van der Waals surface area contributed by atoms with E-state index in [0.29, 0.717) is 31.9 Å². The molecule has 5 nitrogen and oxygen atoms in total. The predicted octanol–water partition coefficient (Wildman–Crippen LogP) is 3.60. The molecule has 0 unspecified atom stereocenters. The molecular weight excluding hydrogens is 412 g/mol. The maximum absolute atomic E-state index is 13.8. The van der Waals surface area contributed by atoms with E-state index in [2.05, 4.69) is 17.2 Å². The second-order valence-electron chi connectivity index (χ2n) is 6.76. The predicted molar refractivity (Wildman–Crippen MR) is 107 cm³/mol. The first-order chi connectivity index (χ1) is 14.8. The molecule has 2 amide bonds. The largest absolute Gasteiger partial charge is 0.416 e. The van der Waals surface area contributed by atoms with Crippen LogP contribution in [0.2, 0.25) is 0 Å². The van der Waals surface area contributed by atoms with E-state index in [1.54, 1.807) is 11.0 Å². The molecule has 1 aliphatic rings. The average Bonchev–Trinajstić information content (AvgIpc) is 2.76. The molecule has 1 heterocycles. The topological polar surface area (TPSA) is 59.4 Å². The number of halogens is 4. The van der Waals surface area contributed by atoms with Gasteiger partial charge in [-0.05, 0) is 30.3 Å². The van der Waals surface area contributed by atoms with Crippen LogP contribution in [0.25, 0.3) is 0 Å². The van der Waals surface area contributed by atoms with Crippen LogP contribution in [0.1, 0.15) is 16.7 Å². The summed E-state index contributed by atoms with van der Waals surface area (Å²) >= 11 is 0. The van der Waals surface area contributed by atoms with Crippen LogP contribution < -0.4 is 10.2 Å². The Morgan fingerprint density at radius 3 is 2.48 bits per heavy atom. The molecule has 0 aromatic heterocycles. The summed E-state index contributed by atoms with van der Waals surface area (Å²) in [5, 5.41) is 11.8. The van der Waals surface area contributed by atoms with Crippen LogP contribution in [-0.2, 0) is 6.18 Å². The number of benzene rings is 2. The van der Waals surface area contributed by atoms with Gasteiger partial charge in [0.15, 0.2) is 0 Å². The SMILES string of the molecule is N#Cc1c(F)cccc1N1CCN(C(=O)NCC#Cc2cccc(C(F)(F)F)c2)CC1. The van der Waals surface area contributed by atoms with E-state index in [-0.39, 0.29) is 23.7 Å². The van der Waals surface area contributed by atoms with Gasteiger partial charge in [0.1, 0.15) is 17.4 Å². The summed E-state index contributed by atoms with van der Waals surface area (Å²) < 4.78 is 51.9. The van der Waals surface area contributed by atoms with Crippen LogP contribution in [0.3, 0.4) is 0 Å². The van der Waals surface area contributed by atoms with Gasteiger partial charge < -0.3 is 15.1 Å². The lowest BCUT2D eigenvalue weighted by Gasteiger charge is -2.36. The normalized spacial score (nSPS) is 13.8. The summed E-state index contributed by atoms with van der Waals surface area (Å²) in [6, 6.07) is 10.6. The molecule has 1 saturated heterocycles. The molecule has 9 heteroatoms. The summed E-state index contributed by atoms with van der Waals surface area (Å²) in [6.45, 7) is 1.59. The zero-order valence-electron chi connectivity index (χ0n) is 16.3. The fraction of sp³-hybridized carbons (Fsp3) is 0.273. The molecule has 0 atom stereocenters. The van der Waals surface area contributed by atoms with Crippen LogP contribution in [0, 0.1) is 29.0 Å². The van der Waals surface area contributed by atoms with Gasteiger partial charge in [0, 0.05) is 31.7 Å². The number of rotatable bonds is 2. The highest BCUT2D eigenvalue weighted by Crippen LogP contribution is 2.29. The van der Waals surface area contributed by atoms with Gasteiger partial charge >= 0.3 is 12.2 Å². The highest BCUT2D eigenvalue weighted by atomic mass is 19.4. The Labute approximate surface area is 176 Å². The van der Waals surface area contributed by atoms with Gasteiger partial charge in [-0.3, -0.25) is 0 Å². The van der Waals surface area contributed by atoms with Crippen molar-refractivity contribution >= 4 is 11.7 Å². The number of nitriles is 1. The minimum Gasteiger partial charge on any atom is -0.367 e. The number of piperazine rings is 1. The summed E-state index contributed by atoms with van der Waals surface area (Å²) in [4.78, 5) is 15.7. The van der Waals surface area contributed by atoms with Crippen molar-refractivity contribution in [2.24, 2.45) is 0 Å². The van der Waals surface area contributed by atoms with E-state index in [1.807, 2.05) is 11.0 Å². The molecule has 0 aliphatic carbocycles. The van der Waals surface area contributed by atoms with E-state index >= 15 is 0 Å². The van der Waals surface area contributed by atoms with Gasteiger partial charge in [0.2, 0.25) is 0 Å². The first-order valence-electron chi connectivity index (χ1n) is 9.42. The number of nitrogens with zero attached hydrogens (tertiary/aromatic N) is 3. The lowest BCUT2D eigenvalue weighted by atomic mass is 10.1. The van der Waals surface area contributed by atoms with Crippen LogP contribution in [0.15, 0.2) is 42.5 Å². The molecule has 0 bridgehead atoms. The molecule has 3 rings (SSSR count). The van der Waals surface area contributed by atoms with Gasteiger partial charge in [-0.15, -0.1) is 0 Å². The van der Waals surface area contributed by atoms with E-state index < -0.39 is 17.6 Å². The first-order valence-corrected chi connectivity index (χ1v) is 9.42. The highest BCUT2D eigenvalue weighted by molar-refractivity contribution is 5.75. The summed E-state index contributed by atoms with van der Waals surface area (Å²) in [6.07, 6.45) is -4.44. The smallest absolute Gasteiger partial charge is 0.367 e. The highest BCUT2D eigenvalue weighted by Gasteiger charge is 2.30. The lowest BCUT2D eigenvalue weighted by Crippen LogP contribution is -2.52. The number of nitrogens with one attached hydrogen (secondary N) is 1. The Balaban J connectivity index is 1.51. The monoisotopic (exact) mass is 430 g/mol. The third-order valence-corrected chi connectivity index (χ3v) is 4.76. The number of hydrogen-bond donors (Lipinski definition) is 1. The number of anilines is 1. The Morgan fingerprint density at radius 1 is 1.10 bits per heavy atom. The lowest BCUT2D eigenvalue weighted by molar-refractivity contribution is -0.137. The van der Waals surface area contributed by atoms with Crippen molar-refractivity contribution < 1.29 is 22.4 Å². The van der Waals surface area contributed by atoms with E-state index in [4.69, 9.17) is 5.26 Å². The van der Waals surface area contributed by atoms with Crippen LogP contribution in [0.5, 0.6) is 0 Å². The zero-order valence-corrected chi connectivity index (χ0v) is 16.3. The van der Waals surface area contributed by atoms with Crippen molar-refractivity contribution in [2.45, 2.75) is 6.18 Å². The van der Waals surface area contributed by atoms with E-state index in [9.17, 15) is 22.4 Å². The molecule has 0 radical (unpaired) electrons. The summed E-state index contributed by atoms with van der Waals surface area (Å²) in [7, 11) is 0. The number of urea groups is 1. The molecule has 1 fully saturated rings. The van der Waals surface area contributed by atoms with Gasteiger partial charge in [-0.2, -0.15) is 18.4 Å². The number of alkyl halides is 3. The Bertz CT molecular complexity index is 1060. The van der Waals surface area contributed by atoms with Crippen LogP contribution >= 0.6 is 0 Å². The molecule has 0 spiro atoms. The minimum absolute atomic E-state index is 0.0161. The molecule has 31 heavy (non-hydrogen) atoms. The molecule has 1 aliphatic heterocycles. The van der Waals surface area contributed by atoms with Crippen LogP contribution in [0.4, 0.5) is 28.0 Å². The van der Waals surface area contributed by atoms with Gasteiger partial charge in [0.05, 0.1) is 17.8 Å². The Morgan fingerprint density at radius 2 is 1.81 bits per heavy atom. The maximum Gasteiger partial charge on any atom is 0.416 e. The fourth-order valence-corrected chi connectivity index (χ4v) is 3.19. The van der Waals surface area contributed by atoms with E-state index in [0.717, 1.165) is 12.1 Å². The minimum atomic E-state index is -4.44. The Kier molecular flexibility index (Phi) is 6.66. The molecule has 2 aromatic carbocycles. The summed E-state index contributed by atoms with van der Waals surface area (Å²) in [5.41, 5.74) is -0.0973. The first kappa shape index (κ1) is 22.0. The van der Waals surface area contributed by atoms with Crippen molar-refractivity contribution in [3.8, 4) is 17.9 Å². The molecule has 0 saturated carbocycles. The van der Waals surface area contributed by atoms with Gasteiger partial charge in [0.25, 0.3) is 0 Å². The third kappa shape index (κ3) is 5.46. The maximum atomic E-state index is 13.8. The van der Waals surface area contributed by atoms with Crippen molar-refractivity contribution in [3.63, 3.8) is 0 Å². The molecular formula is C22H18F4N4O. The molecule has 1 N–H and O–H groups in total. The van der Waals surface area contributed by atoms with Crippen molar-refractivity contribution in [1.29, 1.82) is 5.26 Å². The number of carbonyl (C=O) groups excluding carboxylic acids is 1. The quantitative estimate of drug-likeness (QED) is 0.585. The van der Waals surface area contributed by atoms with Gasteiger partial charge in [-0.25, -0.2) is 9.18 Å². The van der Waals surface area contributed by atoms with Crippen molar-refractivity contribution in [1.82, 2.24) is 10.2 Å². The Hall–Kier alpha value is -3.72. The number of amides is 2. The molecule has 160 valence electrons. The second-order valence-corrected chi connectivity index (χ2v) is 6.76. The standard InChI is InChI=1S/C22H18F4N4O/c23-19-7-2-8-20(18(19)15-27)29-10-12-30(13-11-29)21(31)28-9-3-5-16-4-1-6-17(14-16)22(24,25)26/h1-2,4,6-8,14H,9-13H2,(H,28,31). The second kappa shape index (κ2) is 9.40. The van der Waals surface area contributed by atoms with Gasteiger partial charge in [-0.1, -0.05) is 24.0 Å². The van der Waals surface area contributed by atoms with E-state index in [1.165, 1.54) is 24.3 Å². The summed E-state index contributed by atoms with van der Waals surface area (Å²) in [5.74, 6) is 4.66. The average molecular weight is 430 g/mol. The molecule has 2 aromatic rings. The zero-order chi connectivity index (χ0) is 22.4. The number of hydrogen-bond acceptors (Lipinski definition) is 3. The van der Waals surface area contributed by atoms with Crippen LogP contribution in [-0.4, -0.2) is 43.7 Å². The fourth-order valence-electron chi connectivity index (χ4n) is 3.19. The number of carbonyl (C=O) groups is 1. The van der Waals surface area contributed by atoms with Crippen molar-refractivity contribution in [2.75, 3.05) is 37.6 Å². The third-order valence-electron chi connectivity index (χ3n) is 4.76. The van der Waals surface area contributed by atoms with Crippen molar-refractivity contribution in [3.05, 3.63) is 65.0 Å².